The van der Waals surface area contributed by atoms with E-state index in [4.69, 9.17) is 15.2 Å². The third-order valence-corrected chi connectivity index (χ3v) is 2.72. The fraction of sp³-hybridized carbons (Fsp3) is 0.308. The summed E-state index contributed by atoms with van der Waals surface area (Å²) < 4.78 is 12.1. The lowest BCUT2D eigenvalue weighted by molar-refractivity contribution is 0.183. The second kappa shape index (κ2) is 5.55. The van der Waals surface area contributed by atoms with Crippen molar-refractivity contribution >= 4 is 5.69 Å². The normalized spacial score (nSPS) is 10.6. The lowest BCUT2D eigenvalue weighted by atomic mass is 10.1. The van der Waals surface area contributed by atoms with E-state index >= 15 is 0 Å². The molecule has 0 unspecified atom stereocenters. The van der Waals surface area contributed by atoms with Crippen molar-refractivity contribution in [3.63, 3.8) is 0 Å². The van der Waals surface area contributed by atoms with Crippen molar-refractivity contribution in [3.8, 4) is 16.9 Å². The van der Waals surface area contributed by atoms with Crippen LogP contribution in [0.3, 0.4) is 0 Å². The van der Waals surface area contributed by atoms with Crippen molar-refractivity contribution in [3.05, 3.63) is 30.6 Å². The molecule has 96 valence electrons. The van der Waals surface area contributed by atoms with Crippen molar-refractivity contribution in [2.75, 3.05) is 26.6 Å². The van der Waals surface area contributed by atoms with Gasteiger partial charge in [0.1, 0.15) is 5.75 Å². The molecule has 2 aromatic rings. The molecule has 5 nitrogen and oxygen atoms in total. The molecule has 1 heterocycles. The number of anilines is 1. The Morgan fingerprint density at radius 2 is 2.11 bits per heavy atom. The van der Waals surface area contributed by atoms with Gasteiger partial charge in [-0.25, -0.2) is 0 Å². The van der Waals surface area contributed by atoms with Crippen LogP contribution in [-0.2, 0) is 11.3 Å². The molecule has 1 aromatic heterocycles. The molecule has 18 heavy (non-hydrogen) atoms. The highest BCUT2D eigenvalue weighted by Gasteiger charge is 2.05. The molecule has 0 saturated carbocycles. The molecular weight excluding hydrogens is 230 g/mol. The number of hydrogen-bond acceptors (Lipinski definition) is 4. The Balaban J connectivity index is 2.23. The summed E-state index contributed by atoms with van der Waals surface area (Å²) in [4.78, 5) is 0. The summed E-state index contributed by atoms with van der Waals surface area (Å²) in [6.07, 6.45) is 3.80. The molecule has 0 atom stereocenters. The first-order valence-electron chi connectivity index (χ1n) is 5.70. The third kappa shape index (κ3) is 2.62. The zero-order valence-corrected chi connectivity index (χ0v) is 10.6. The summed E-state index contributed by atoms with van der Waals surface area (Å²) in [5.74, 6) is 0.678. The van der Waals surface area contributed by atoms with E-state index < -0.39 is 0 Å². The SMILES string of the molecule is COCCn1cc(-c2ccc(N)c(OC)c2)cn1. The molecular formula is C13H17N3O2. The highest BCUT2D eigenvalue weighted by atomic mass is 16.5. The van der Waals surface area contributed by atoms with Gasteiger partial charge in [0.15, 0.2) is 0 Å². The van der Waals surface area contributed by atoms with Gasteiger partial charge in [-0.05, 0) is 17.7 Å². The van der Waals surface area contributed by atoms with Gasteiger partial charge in [-0.15, -0.1) is 0 Å². The molecule has 2 rings (SSSR count). The van der Waals surface area contributed by atoms with Crippen LogP contribution in [0.2, 0.25) is 0 Å². The zero-order chi connectivity index (χ0) is 13.0. The predicted molar refractivity (Wildman–Crippen MR) is 70.5 cm³/mol. The number of methoxy groups -OCH3 is 2. The van der Waals surface area contributed by atoms with Crippen molar-refractivity contribution < 1.29 is 9.47 Å². The van der Waals surface area contributed by atoms with Crippen molar-refractivity contribution in [2.24, 2.45) is 0 Å². The maximum Gasteiger partial charge on any atom is 0.142 e. The van der Waals surface area contributed by atoms with E-state index in [2.05, 4.69) is 5.10 Å². The topological polar surface area (TPSA) is 62.3 Å². The smallest absolute Gasteiger partial charge is 0.142 e. The van der Waals surface area contributed by atoms with Crippen molar-refractivity contribution in [2.45, 2.75) is 6.54 Å². The molecule has 0 saturated heterocycles. The van der Waals surface area contributed by atoms with E-state index in [-0.39, 0.29) is 0 Å². The average molecular weight is 247 g/mol. The molecule has 0 bridgehead atoms. The first-order chi connectivity index (χ1) is 8.74. The number of nitrogens with two attached hydrogens (primary N) is 1. The largest absolute Gasteiger partial charge is 0.495 e. The van der Waals surface area contributed by atoms with Crippen LogP contribution in [0.15, 0.2) is 30.6 Å². The summed E-state index contributed by atoms with van der Waals surface area (Å²) in [7, 11) is 3.28. The van der Waals surface area contributed by atoms with E-state index in [9.17, 15) is 0 Å². The van der Waals surface area contributed by atoms with Gasteiger partial charge in [-0.1, -0.05) is 6.07 Å². The Hall–Kier alpha value is -2.01. The molecule has 2 N–H and O–H groups in total. The van der Waals surface area contributed by atoms with Crippen LogP contribution < -0.4 is 10.5 Å². The van der Waals surface area contributed by atoms with E-state index in [1.165, 1.54) is 0 Å². The molecule has 0 spiro atoms. The molecule has 0 amide bonds. The number of rotatable bonds is 5. The summed E-state index contributed by atoms with van der Waals surface area (Å²) in [6.45, 7) is 1.38. The molecule has 0 aliphatic rings. The molecule has 0 aliphatic carbocycles. The summed E-state index contributed by atoms with van der Waals surface area (Å²) in [6, 6.07) is 5.70. The van der Waals surface area contributed by atoms with Gasteiger partial charge in [-0.3, -0.25) is 4.68 Å². The van der Waals surface area contributed by atoms with E-state index in [1.807, 2.05) is 35.3 Å². The molecule has 0 radical (unpaired) electrons. The standard InChI is InChI=1S/C13H17N3O2/c1-17-6-5-16-9-11(8-15-16)10-3-4-12(14)13(7-10)18-2/h3-4,7-9H,5-6,14H2,1-2H3. The van der Waals surface area contributed by atoms with Gasteiger partial charge in [0, 0.05) is 18.9 Å². The van der Waals surface area contributed by atoms with Gasteiger partial charge < -0.3 is 15.2 Å². The van der Waals surface area contributed by atoms with Gasteiger partial charge >= 0.3 is 0 Å². The lowest BCUT2D eigenvalue weighted by Gasteiger charge is -2.06. The van der Waals surface area contributed by atoms with Gasteiger partial charge in [0.2, 0.25) is 0 Å². The number of aromatic nitrogens is 2. The fourth-order valence-electron chi connectivity index (χ4n) is 1.71. The number of hydrogen-bond donors (Lipinski definition) is 1. The second-order valence-electron chi connectivity index (χ2n) is 3.94. The predicted octanol–water partition coefficient (Wildman–Crippen LogP) is 1.79. The van der Waals surface area contributed by atoms with Crippen LogP contribution in [0, 0.1) is 0 Å². The number of nitrogen functional groups attached to an aromatic ring is 1. The minimum atomic E-state index is 0.632. The first-order valence-corrected chi connectivity index (χ1v) is 5.70. The Morgan fingerprint density at radius 3 is 2.83 bits per heavy atom. The first kappa shape index (κ1) is 12.4. The maximum atomic E-state index is 5.79. The average Bonchev–Trinajstić information content (AvgIpc) is 2.85. The molecule has 5 heteroatoms. The molecule has 0 aliphatic heterocycles. The van der Waals surface area contributed by atoms with Crippen LogP contribution in [0.1, 0.15) is 0 Å². The van der Waals surface area contributed by atoms with E-state index in [0.29, 0.717) is 18.0 Å². The Morgan fingerprint density at radius 1 is 1.28 bits per heavy atom. The van der Waals surface area contributed by atoms with Crippen LogP contribution in [0.4, 0.5) is 5.69 Å². The number of benzene rings is 1. The summed E-state index contributed by atoms with van der Waals surface area (Å²) in [5.41, 5.74) is 8.48. The number of nitrogens with zero attached hydrogens (tertiary/aromatic N) is 2. The Kier molecular flexibility index (Phi) is 3.84. The Bertz CT molecular complexity index is 523. The highest BCUT2D eigenvalue weighted by molar-refractivity contribution is 5.68. The van der Waals surface area contributed by atoms with Crippen LogP contribution in [0.25, 0.3) is 11.1 Å². The summed E-state index contributed by atoms with van der Waals surface area (Å²) in [5, 5.41) is 4.27. The zero-order valence-electron chi connectivity index (χ0n) is 10.6. The molecule has 1 aromatic carbocycles. The molecule has 0 fully saturated rings. The quantitative estimate of drug-likeness (QED) is 0.818. The Labute approximate surface area is 106 Å². The van der Waals surface area contributed by atoms with Crippen molar-refractivity contribution in [1.82, 2.24) is 9.78 Å². The monoisotopic (exact) mass is 247 g/mol. The second-order valence-corrected chi connectivity index (χ2v) is 3.94. The minimum absolute atomic E-state index is 0.632. The summed E-state index contributed by atoms with van der Waals surface area (Å²) >= 11 is 0. The van der Waals surface area contributed by atoms with Crippen LogP contribution >= 0.6 is 0 Å². The van der Waals surface area contributed by atoms with Crippen LogP contribution in [-0.4, -0.2) is 30.6 Å². The van der Waals surface area contributed by atoms with Gasteiger partial charge in [0.05, 0.1) is 32.1 Å². The van der Waals surface area contributed by atoms with Crippen LogP contribution in [0.5, 0.6) is 5.75 Å². The van der Waals surface area contributed by atoms with Gasteiger partial charge in [0.25, 0.3) is 0 Å². The minimum Gasteiger partial charge on any atom is -0.495 e. The lowest BCUT2D eigenvalue weighted by Crippen LogP contribution is -2.03. The van der Waals surface area contributed by atoms with E-state index in [0.717, 1.165) is 17.7 Å². The maximum absolute atomic E-state index is 5.79. The third-order valence-electron chi connectivity index (χ3n) is 2.72. The number of ether oxygens (including phenoxy) is 2. The fourth-order valence-corrected chi connectivity index (χ4v) is 1.71. The highest BCUT2D eigenvalue weighted by Crippen LogP contribution is 2.28. The van der Waals surface area contributed by atoms with E-state index in [1.54, 1.807) is 14.2 Å². The van der Waals surface area contributed by atoms with Gasteiger partial charge in [-0.2, -0.15) is 5.10 Å². The van der Waals surface area contributed by atoms with Crippen molar-refractivity contribution in [1.29, 1.82) is 0 Å².